The Morgan fingerprint density at radius 3 is 2.81 bits per heavy atom. The summed E-state index contributed by atoms with van der Waals surface area (Å²) < 4.78 is 30.4. The van der Waals surface area contributed by atoms with E-state index in [4.69, 9.17) is 4.74 Å². The number of halogens is 2. The van der Waals surface area contributed by atoms with Gasteiger partial charge in [-0.05, 0) is 30.7 Å². The third kappa shape index (κ3) is 4.40. The standard InChI is InChI=1S/C12H15F2NO/c1-2-16-7-3-6-15-9-10-4-5-11(13)12(14)8-10/h2,4-5,8,15H,1,3,6-7,9H2. The van der Waals surface area contributed by atoms with Gasteiger partial charge in [-0.2, -0.15) is 0 Å². The van der Waals surface area contributed by atoms with Gasteiger partial charge in [0, 0.05) is 6.54 Å². The van der Waals surface area contributed by atoms with Crippen molar-refractivity contribution in [3.8, 4) is 0 Å². The Labute approximate surface area is 93.9 Å². The molecule has 0 saturated heterocycles. The van der Waals surface area contributed by atoms with Crippen LogP contribution in [0, 0.1) is 11.6 Å². The van der Waals surface area contributed by atoms with Crippen molar-refractivity contribution >= 4 is 0 Å². The summed E-state index contributed by atoms with van der Waals surface area (Å²) in [6, 6.07) is 3.89. The molecule has 0 aliphatic carbocycles. The summed E-state index contributed by atoms with van der Waals surface area (Å²) in [5.41, 5.74) is 0.725. The monoisotopic (exact) mass is 227 g/mol. The van der Waals surface area contributed by atoms with Crippen LogP contribution in [0.4, 0.5) is 8.78 Å². The van der Waals surface area contributed by atoms with Crippen molar-refractivity contribution in [2.75, 3.05) is 13.2 Å². The third-order valence-electron chi connectivity index (χ3n) is 2.05. The van der Waals surface area contributed by atoms with Gasteiger partial charge < -0.3 is 10.1 Å². The predicted molar refractivity (Wildman–Crippen MR) is 58.8 cm³/mol. The minimum absolute atomic E-state index is 0.519. The lowest BCUT2D eigenvalue weighted by molar-refractivity contribution is 0.244. The Morgan fingerprint density at radius 2 is 2.12 bits per heavy atom. The van der Waals surface area contributed by atoms with E-state index in [1.54, 1.807) is 6.07 Å². The maximum atomic E-state index is 12.8. The second-order valence-electron chi connectivity index (χ2n) is 3.32. The Morgan fingerprint density at radius 1 is 1.31 bits per heavy atom. The van der Waals surface area contributed by atoms with Crippen LogP contribution in [0.5, 0.6) is 0 Å². The third-order valence-corrected chi connectivity index (χ3v) is 2.05. The number of hydrogen-bond donors (Lipinski definition) is 1. The van der Waals surface area contributed by atoms with Crippen molar-refractivity contribution < 1.29 is 13.5 Å². The fraction of sp³-hybridized carbons (Fsp3) is 0.333. The van der Waals surface area contributed by atoms with E-state index in [1.807, 2.05) is 0 Å². The zero-order valence-corrected chi connectivity index (χ0v) is 9.01. The van der Waals surface area contributed by atoms with E-state index in [1.165, 1.54) is 12.3 Å². The number of hydrogen-bond acceptors (Lipinski definition) is 2. The molecule has 0 amide bonds. The molecule has 1 aromatic rings. The largest absolute Gasteiger partial charge is 0.502 e. The highest BCUT2D eigenvalue weighted by molar-refractivity contribution is 5.17. The van der Waals surface area contributed by atoms with E-state index in [9.17, 15) is 8.78 Å². The zero-order chi connectivity index (χ0) is 11.8. The highest BCUT2D eigenvalue weighted by Gasteiger charge is 2.01. The number of rotatable bonds is 7. The molecule has 1 rings (SSSR count). The molecule has 0 bridgehead atoms. The van der Waals surface area contributed by atoms with Gasteiger partial charge in [-0.15, -0.1) is 0 Å². The molecule has 0 fully saturated rings. The first-order chi connectivity index (χ1) is 7.74. The molecule has 1 aromatic carbocycles. The first kappa shape index (κ1) is 12.6. The minimum Gasteiger partial charge on any atom is -0.502 e. The van der Waals surface area contributed by atoms with E-state index >= 15 is 0 Å². The fourth-order valence-electron chi connectivity index (χ4n) is 1.25. The molecule has 2 nitrogen and oxygen atoms in total. The average molecular weight is 227 g/mol. The number of nitrogens with one attached hydrogen (secondary N) is 1. The van der Waals surface area contributed by atoms with Gasteiger partial charge in [0.25, 0.3) is 0 Å². The maximum absolute atomic E-state index is 12.8. The molecule has 0 atom stereocenters. The zero-order valence-electron chi connectivity index (χ0n) is 9.01. The van der Waals surface area contributed by atoms with E-state index in [-0.39, 0.29) is 0 Å². The molecule has 0 aliphatic rings. The summed E-state index contributed by atoms with van der Waals surface area (Å²) in [4.78, 5) is 0. The van der Waals surface area contributed by atoms with Crippen LogP contribution in [0.25, 0.3) is 0 Å². The Balaban J connectivity index is 2.21. The van der Waals surface area contributed by atoms with Crippen LogP contribution in [0.15, 0.2) is 31.0 Å². The SMILES string of the molecule is C=COCCCNCc1ccc(F)c(F)c1. The summed E-state index contributed by atoms with van der Waals surface area (Å²) in [6.07, 6.45) is 2.24. The summed E-state index contributed by atoms with van der Waals surface area (Å²) >= 11 is 0. The first-order valence-electron chi connectivity index (χ1n) is 5.11. The summed E-state index contributed by atoms with van der Waals surface area (Å²) in [7, 11) is 0. The van der Waals surface area contributed by atoms with Crippen molar-refractivity contribution in [2.45, 2.75) is 13.0 Å². The smallest absolute Gasteiger partial charge is 0.159 e. The number of ether oxygens (including phenoxy) is 1. The highest BCUT2D eigenvalue weighted by atomic mass is 19.2. The van der Waals surface area contributed by atoms with Crippen molar-refractivity contribution in [3.63, 3.8) is 0 Å². The molecular weight excluding hydrogens is 212 g/mol. The summed E-state index contributed by atoms with van der Waals surface area (Å²) in [6.45, 7) is 5.31. The van der Waals surface area contributed by atoms with Gasteiger partial charge in [0.1, 0.15) is 0 Å². The lowest BCUT2D eigenvalue weighted by Crippen LogP contribution is -2.16. The molecule has 0 heterocycles. The maximum Gasteiger partial charge on any atom is 0.159 e. The Kier molecular flexibility index (Phi) is 5.50. The van der Waals surface area contributed by atoms with Crippen molar-refractivity contribution in [2.24, 2.45) is 0 Å². The molecule has 88 valence electrons. The summed E-state index contributed by atoms with van der Waals surface area (Å²) in [5.74, 6) is -1.63. The van der Waals surface area contributed by atoms with Gasteiger partial charge in [-0.1, -0.05) is 12.6 Å². The Bertz CT molecular complexity index is 342. The van der Waals surface area contributed by atoms with Crippen LogP contribution >= 0.6 is 0 Å². The van der Waals surface area contributed by atoms with Crippen LogP contribution < -0.4 is 5.32 Å². The highest BCUT2D eigenvalue weighted by Crippen LogP contribution is 2.08. The van der Waals surface area contributed by atoms with E-state index < -0.39 is 11.6 Å². The van der Waals surface area contributed by atoms with Crippen LogP contribution in [0.2, 0.25) is 0 Å². The topological polar surface area (TPSA) is 21.3 Å². The normalized spacial score (nSPS) is 10.1. The molecule has 4 heteroatoms. The molecule has 0 radical (unpaired) electrons. The quantitative estimate of drug-likeness (QED) is 0.571. The van der Waals surface area contributed by atoms with Gasteiger partial charge in [0.05, 0.1) is 12.9 Å². The molecule has 1 N–H and O–H groups in total. The van der Waals surface area contributed by atoms with Gasteiger partial charge in [0.15, 0.2) is 11.6 Å². The molecule has 16 heavy (non-hydrogen) atoms. The minimum atomic E-state index is -0.817. The van der Waals surface area contributed by atoms with Crippen LogP contribution in [0.1, 0.15) is 12.0 Å². The molecule has 0 aliphatic heterocycles. The van der Waals surface area contributed by atoms with Gasteiger partial charge in [-0.25, -0.2) is 8.78 Å². The van der Waals surface area contributed by atoms with Crippen molar-refractivity contribution in [3.05, 3.63) is 48.2 Å². The van der Waals surface area contributed by atoms with Crippen LogP contribution in [0.3, 0.4) is 0 Å². The predicted octanol–water partition coefficient (Wildman–Crippen LogP) is 2.60. The lowest BCUT2D eigenvalue weighted by Gasteiger charge is -2.05. The molecule has 0 saturated carbocycles. The van der Waals surface area contributed by atoms with E-state index in [0.717, 1.165) is 24.6 Å². The Hall–Kier alpha value is -1.42. The first-order valence-corrected chi connectivity index (χ1v) is 5.11. The second kappa shape index (κ2) is 6.95. The van der Waals surface area contributed by atoms with Crippen molar-refractivity contribution in [1.29, 1.82) is 0 Å². The van der Waals surface area contributed by atoms with Crippen LogP contribution in [-0.2, 0) is 11.3 Å². The number of benzene rings is 1. The molecule has 0 aromatic heterocycles. The van der Waals surface area contributed by atoms with Crippen molar-refractivity contribution in [1.82, 2.24) is 5.32 Å². The lowest BCUT2D eigenvalue weighted by atomic mass is 10.2. The molecule has 0 spiro atoms. The van der Waals surface area contributed by atoms with Gasteiger partial charge in [-0.3, -0.25) is 0 Å². The van der Waals surface area contributed by atoms with Gasteiger partial charge in [0.2, 0.25) is 0 Å². The molecular formula is C12H15F2NO. The van der Waals surface area contributed by atoms with E-state index in [0.29, 0.717) is 13.2 Å². The molecule has 0 unspecified atom stereocenters. The van der Waals surface area contributed by atoms with E-state index in [2.05, 4.69) is 11.9 Å². The fourth-order valence-corrected chi connectivity index (χ4v) is 1.25. The second-order valence-corrected chi connectivity index (χ2v) is 3.32. The van der Waals surface area contributed by atoms with Gasteiger partial charge >= 0.3 is 0 Å². The van der Waals surface area contributed by atoms with Crippen LogP contribution in [-0.4, -0.2) is 13.2 Å². The average Bonchev–Trinajstić information content (AvgIpc) is 2.28. The summed E-state index contributed by atoms with van der Waals surface area (Å²) in [5, 5.41) is 3.10.